The molecule has 0 spiro atoms. The molecule has 0 radical (unpaired) electrons. The van der Waals surface area contributed by atoms with E-state index in [1.165, 1.54) is 24.0 Å². The Morgan fingerprint density at radius 2 is 1.71 bits per heavy atom. The number of hydrogen-bond donors (Lipinski definition) is 0. The molecule has 0 atom stereocenters. The number of carbonyl (C=O) groups excluding carboxylic acids is 1. The summed E-state index contributed by atoms with van der Waals surface area (Å²) in [5.74, 6) is -0.194. The van der Waals surface area contributed by atoms with Crippen LogP contribution < -0.4 is 4.90 Å². The number of halogens is 1. The Hall–Kier alpha value is -2.92. The highest BCUT2D eigenvalue weighted by Crippen LogP contribution is 2.27. The van der Waals surface area contributed by atoms with Gasteiger partial charge >= 0.3 is 0 Å². The van der Waals surface area contributed by atoms with Crippen LogP contribution in [0.2, 0.25) is 0 Å². The van der Waals surface area contributed by atoms with Crippen LogP contribution >= 0.6 is 0 Å². The van der Waals surface area contributed by atoms with Crippen LogP contribution in [-0.4, -0.2) is 29.9 Å². The van der Waals surface area contributed by atoms with Gasteiger partial charge in [-0.05, 0) is 54.8 Å². The van der Waals surface area contributed by atoms with Crippen LogP contribution in [-0.2, 0) is 6.54 Å². The summed E-state index contributed by atoms with van der Waals surface area (Å²) in [7, 11) is 0. The van der Waals surface area contributed by atoms with Crippen LogP contribution in [0.3, 0.4) is 0 Å². The molecule has 3 aromatic rings. The molecule has 0 aliphatic carbocycles. The zero-order valence-corrected chi connectivity index (χ0v) is 15.6. The lowest BCUT2D eigenvalue weighted by atomic mass is 10.0. The largest absolute Gasteiger partial charge is 0.459 e. The number of rotatable bonds is 5. The fourth-order valence-corrected chi connectivity index (χ4v) is 3.79. The van der Waals surface area contributed by atoms with Gasteiger partial charge in [-0.25, -0.2) is 4.39 Å². The molecule has 0 bridgehead atoms. The van der Waals surface area contributed by atoms with E-state index in [1.54, 1.807) is 29.2 Å². The number of piperidine rings is 1. The fourth-order valence-electron chi connectivity index (χ4n) is 3.79. The van der Waals surface area contributed by atoms with E-state index in [0.29, 0.717) is 11.4 Å². The quantitative estimate of drug-likeness (QED) is 0.644. The van der Waals surface area contributed by atoms with Gasteiger partial charge in [-0.3, -0.25) is 9.69 Å². The first-order valence-electron chi connectivity index (χ1n) is 9.59. The van der Waals surface area contributed by atoms with Crippen molar-refractivity contribution >= 4 is 11.6 Å². The monoisotopic (exact) mass is 378 g/mol. The van der Waals surface area contributed by atoms with Crippen molar-refractivity contribution < 1.29 is 13.6 Å². The molecule has 1 fully saturated rings. The molecule has 1 aromatic heterocycles. The van der Waals surface area contributed by atoms with Crippen molar-refractivity contribution in [3.05, 3.63) is 90.1 Å². The molecule has 2 heterocycles. The topological polar surface area (TPSA) is 36.7 Å². The third-order valence-electron chi connectivity index (χ3n) is 5.23. The van der Waals surface area contributed by atoms with Gasteiger partial charge in [-0.2, -0.15) is 0 Å². The number of anilines is 1. The summed E-state index contributed by atoms with van der Waals surface area (Å²) in [5.41, 5.74) is 1.99. The maximum atomic E-state index is 13.4. The van der Waals surface area contributed by atoms with Crippen LogP contribution in [0.25, 0.3) is 0 Å². The van der Waals surface area contributed by atoms with Crippen molar-refractivity contribution in [3.63, 3.8) is 0 Å². The molecule has 0 saturated carbocycles. The number of benzene rings is 2. The molecule has 1 amide bonds. The predicted molar refractivity (Wildman–Crippen MR) is 107 cm³/mol. The molecule has 0 unspecified atom stereocenters. The molecule has 1 saturated heterocycles. The van der Waals surface area contributed by atoms with Crippen molar-refractivity contribution in [3.8, 4) is 0 Å². The molecule has 2 aromatic carbocycles. The Morgan fingerprint density at radius 1 is 1.00 bits per heavy atom. The van der Waals surface area contributed by atoms with E-state index >= 15 is 0 Å². The average molecular weight is 378 g/mol. The Labute approximate surface area is 164 Å². The van der Waals surface area contributed by atoms with E-state index in [2.05, 4.69) is 29.2 Å². The maximum absolute atomic E-state index is 13.4. The summed E-state index contributed by atoms with van der Waals surface area (Å²) in [6.45, 7) is 2.72. The van der Waals surface area contributed by atoms with Crippen LogP contribution in [0, 0.1) is 5.82 Å². The summed E-state index contributed by atoms with van der Waals surface area (Å²) in [5, 5.41) is 0. The molecule has 1 aliphatic heterocycles. The second-order valence-corrected chi connectivity index (χ2v) is 7.12. The molecule has 1 aliphatic rings. The number of nitrogens with zero attached hydrogens (tertiary/aromatic N) is 2. The van der Waals surface area contributed by atoms with Crippen molar-refractivity contribution in [2.75, 3.05) is 18.0 Å². The maximum Gasteiger partial charge on any atom is 0.294 e. The highest BCUT2D eigenvalue weighted by atomic mass is 19.1. The van der Waals surface area contributed by atoms with Gasteiger partial charge in [-0.1, -0.05) is 30.3 Å². The fraction of sp³-hybridized carbons (Fsp3) is 0.261. The third-order valence-corrected chi connectivity index (χ3v) is 5.23. The number of furan rings is 1. The average Bonchev–Trinajstić information content (AvgIpc) is 3.27. The van der Waals surface area contributed by atoms with Crippen molar-refractivity contribution in [2.24, 2.45) is 0 Å². The first-order valence-corrected chi connectivity index (χ1v) is 9.59. The van der Waals surface area contributed by atoms with Gasteiger partial charge in [0.15, 0.2) is 5.76 Å². The molecule has 5 heteroatoms. The minimum atomic E-state index is -0.313. The van der Waals surface area contributed by atoms with Crippen LogP contribution in [0.1, 0.15) is 29.0 Å². The molecule has 28 heavy (non-hydrogen) atoms. The summed E-state index contributed by atoms with van der Waals surface area (Å²) in [4.78, 5) is 17.3. The Morgan fingerprint density at radius 3 is 2.36 bits per heavy atom. The molecular formula is C23H23FN2O2. The van der Waals surface area contributed by atoms with Gasteiger partial charge < -0.3 is 9.32 Å². The third kappa shape index (κ3) is 4.15. The minimum absolute atomic E-state index is 0.0510. The van der Waals surface area contributed by atoms with Gasteiger partial charge in [0.2, 0.25) is 0 Å². The molecule has 0 N–H and O–H groups in total. The molecule has 144 valence electrons. The Kier molecular flexibility index (Phi) is 5.53. The van der Waals surface area contributed by atoms with Gasteiger partial charge in [0.1, 0.15) is 5.82 Å². The lowest BCUT2D eigenvalue weighted by molar-refractivity contribution is 0.0931. The van der Waals surface area contributed by atoms with Crippen LogP contribution in [0.4, 0.5) is 10.1 Å². The second kappa shape index (κ2) is 8.40. The number of hydrogen-bond acceptors (Lipinski definition) is 3. The van der Waals surface area contributed by atoms with Crippen LogP contribution in [0.15, 0.2) is 77.4 Å². The van der Waals surface area contributed by atoms with Crippen molar-refractivity contribution in [2.45, 2.75) is 25.4 Å². The second-order valence-electron chi connectivity index (χ2n) is 7.12. The normalized spacial score (nSPS) is 15.5. The van der Waals surface area contributed by atoms with Crippen molar-refractivity contribution in [1.82, 2.24) is 4.90 Å². The lowest BCUT2D eigenvalue weighted by Crippen LogP contribution is -2.47. The number of carbonyl (C=O) groups is 1. The smallest absolute Gasteiger partial charge is 0.294 e. The predicted octanol–water partition coefficient (Wildman–Crippen LogP) is 4.73. The zero-order chi connectivity index (χ0) is 19.3. The van der Waals surface area contributed by atoms with E-state index in [4.69, 9.17) is 4.42 Å². The minimum Gasteiger partial charge on any atom is -0.459 e. The van der Waals surface area contributed by atoms with E-state index in [0.717, 1.165) is 32.5 Å². The Bertz CT molecular complexity index is 886. The highest BCUT2D eigenvalue weighted by Gasteiger charge is 2.31. The summed E-state index contributed by atoms with van der Waals surface area (Å²) < 4.78 is 18.7. The van der Waals surface area contributed by atoms with Gasteiger partial charge in [0.05, 0.1) is 6.26 Å². The van der Waals surface area contributed by atoms with Gasteiger partial charge in [-0.15, -0.1) is 0 Å². The van der Waals surface area contributed by atoms with E-state index in [-0.39, 0.29) is 17.8 Å². The molecule has 4 rings (SSSR count). The van der Waals surface area contributed by atoms with Crippen molar-refractivity contribution in [1.29, 1.82) is 0 Å². The standard InChI is InChI=1S/C23H23FN2O2/c24-19-8-10-20(11-9-19)26(23(27)22-7-4-16-28-22)21-12-14-25(15-13-21)17-18-5-2-1-3-6-18/h1-11,16,21H,12-15,17H2. The first kappa shape index (κ1) is 18.4. The summed E-state index contributed by atoms with van der Waals surface area (Å²) >= 11 is 0. The summed E-state index contributed by atoms with van der Waals surface area (Å²) in [6.07, 6.45) is 3.21. The number of amides is 1. The van der Waals surface area contributed by atoms with E-state index < -0.39 is 0 Å². The number of likely N-dealkylation sites (tertiary alicyclic amines) is 1. The lowest BCUT2D eigenvalue weighted by Gasteiger charge is -2.38. The molecular weight excluding hydrogens is 355 g/mol. The highest BCUT2D eigenvalue weighted by molar-refractivity contribution is 6.04. The zero-order valence-electron chi connectivity index (χ0n) is 15.6. The van der Waals surface area contributed by atoms with Crippen LogP contribution in [0.5, 0.6) is 0 Å². The van der Waals surface area contributed by atoms with E-state index in [1.807, 2.05) is 6.07 Å². The van der Waals surface area contributed by atoms with E-state index in [9.17, 15) is 9.18 Å². The SMILES string of the molecule is O=C(c1ccco1)N(c1ccc(F)cc1)C1CCN(Cc2ccccc2)CC1. The molecule has 4 nitrogen and oxygen atoms in total. The Balaban J connectivity index is 1.49. The summed E-state index contributed by atoms with van der Waals surface area (Å²) in [6, 6.07) is 19.9. The van der Waals surface area contributed by atoms with Gasteiger partial charge in [0.25, 0.3) is 5.91 Å². The van der Waals surface area contributed by atoms with Gasteiger partial charge in [0, 0.05) is 31.4 Å². The first-order chi connectivity index (χ1) is 13.7.